The zero-order chi connectivity index (χ0) is 16.4. The summed E-state index contributed by atoms with van der Waals surface area (Å²) < 4.78 is 2.21. The fourth-order valence-electron chi connectivity index (χ4n) is 3.04. The van der Waals surface area contributed by atoms with Crippen LogP contribution in [-0.4, -0.2) is 32.9 Å². The van der Waals surface area contributed by atoms with Crippen LogP contribution < -0.4 is 5.32 Å². The highest BCUT2D eigenvalue weighted by atomic mass is 32.1. The van der Waals surface area contributed by atoms with Crippen LogP contribution >= 0.6 is 11.3 Å². The Morgan fingerprint density at radius 3 is 3.00 bits per heavy atom. The quantitative estimate of drug-likeness (QED) is 0.935. The van der Waals surface area contributed by atoms with Crippen molar-refractivity contribution in [3.05, 3.63) is 40.1 Å². The minimum absolute atomic E-state index is 0.0284. The van der Waals surface area contributed by atoms with Crippen molar-refractivity contribution < 1.29 is 4.79 Å². The molecule has 3 heterocycles. The highest BCUT2D eigenvalue weighted by Crippen LogP contribution is 2.22. The fraction of sp³-hybridized carbons (Fsp3) is 0.529. The second kappa shape index (κ2) is 6.84. The second-order valence-electron chi connectivity index (χ2n) is 6.54. The molecular weight excluding hydrogens is 308 g/mol. The molecule has 0 spiro atoms. The van der Waals surface area contributed by atoms with Gasteiger partial charge in [0.1, 0.15) is 0 Å². The van der Waals surface area contributed by atoms with Crippen molar-refractivity contribution in [3.63, 3.8) is 0 Å². The second-order valence-corrected chi connectivity index (χ2v) is 7.48. The summed E-state index contributed by atoms with van der Waals surface area (Å²) in [5.41, 5.74) is 4.26. The van der Waals surface area contributed by atoms with Crippen LogP contribution in [0.3, 0.4) is 0 Å². The maximum absolute atomic E-state index is 12.5. The summed E-state index contributed by atoms with van der Waals surface area (Å²) in [5, 5.41) is 3.07. The van der Waals surface area contributed by atoms with Gasteiger partial charge in [-0.1, -0.05) is 0 Å². The maximum atomic E-state index is 12.5. The van der Waals surface area contributed by atoms with E-state index in [0.717, 1.165) is 31.9 Å². The van der Waals surface area contributed by atoms with Gasteiger partial charge in [-0.15, -0.1) is 11.3 Å². The summed E-state index contributed by atoms with van der Waals surface area (Å²) in [5.74, 6) is 0.117. The SMILES string of the molecule is Cc1ncsc1CN1Cc2cccn2C[C@@H](C(=O)NC(C)C)C1. The molecule has 0 saturated carbocycles. The Morgan fingerprint density at radius 1 is 1.48 bits per heavy atom. The maximum Gasteiger partial charge on any atom is 0.226 e. The third-order valence-corrected chi connectivity index (χ3v) is 5.14. The van der Waals surface area contributed by atoms with E-state index in [2.05, 4.69) is 45.0 Å². The monoisotopic (exact) mass is 332 g/mol. The molecule has 2 aromatic heterocycles. The predicted octanol–water partition coefficient (Wildman–Crippen LogP) is 2.41. The predicted molar refractivity (Wildman–Crippen MR) is 92.2 cm³/mol. The van der Waals surface area contributed by atoms with Crippen molar-refractivity contribution in [1.82, 2.24) is 19.8 Å². The lowest BCUT2D eigenvalue weighted by Gasteiger charge is -2.23. The lowest BCUT2D eigenvalue weighted by molar-refractivity contribution is -0.126. The molecule has 1 aliphatic rings. The molecule has 23 heavy (non-hydrogen) atoms. The molecule has 0 radical (unpaired) electrons. The number of nitrogens with one attached hydrogen (secondary N) is 1. The first kappa shape index (κ1) is 16.2. The van der Waals surface area contributed by atoms with Crippen LogP contribution in [0.2, 0.25) is 0 Å². The van der Waals surface area contributed by atoms with Gasteiger partial charge in [-0.3, -0.25) is 9.69 Å². The van der Waals surface area contributed by atoms with E-state index in [0.29, 0.717) is 0 Å². The van der Waals surface area contributed by atoms with Crippen molar-refractivity contribution in [2.24, 2.45) is 5.92 Å². The molecular formula is C17H24N4OS. The van der Waals surface area contributed by atoms with Gasteiger partial charge in [-0.25, -0.2) is 4.98 Å². The summed E-state index contributed by atoms with van der Waals surface area (Å²) in [6.07, 6.45) is 2.08. The number of nitrogens with zero attached hydrogens (tertiary/aromatic N) is 3. The molecule has 0 fully saturated rings. The largest absolute Gasteiger partial charge is 0.354 e. The number of amides is 1. The van der Waals surface area contributed by atoms with Gasteiger partial charge in [0.15, 0.2) is 0 Å². The molecule has 1 aliphatic heterocycles. The molecule has 1 amide bonds. The molecule has 0 unspecified atom stereocenters. The van der Waals surface area contributed by atoms with Crippen LogP contribution in [0.1, 0.15) is 30.1 Å². The Bertz CT molecular complexity index is 676. The topological polar surface area (TPSA) is 50.2 Å². The van der Waals surface area contributed by atoms with Crippen molar-refractivity contribution in [1.29, 1.82) is 0 Å². The van der Waals surface area contributed by atoms with E-state index in [1.807, 2.05) is 19.4 Å². The number of hydrogen-bond acceptors (Lipinski definition) is 4. The average Bonchev–Trinajstić information content (AvgIpc) is 3.03. The van der Waals surface area contributed by atoms with E-state index < -0.39 is 0 Å². The Kier molecular flexibility index (Phi) is 4.82. The van der Waals surface area contributed by atoms with Gasteiger partial charge in [0, 0.05) is 49.0 Å². The Morgan fingerprint density at radius 2 is 2.30 bits per heavy atom. The standard InChI is InChI=1S/C17H24N4OS/c1-12(2)19-17(22)14-7-20(10-16-13(3)18-11-23-16)9-15-5-4-6-21(15)8-14/h4-6,11-12,14H,7-10H2,1-3H3,(H,19,22)/t14-/m0/s1. The van der Waals surface area contributed by atoms with Gasteiger partial charge in [-0.05, 0) is 32.9 Å². The normalized spacial score (nSPS) is 18.7. The molecule has 124 valence electrons. The zero-order valence-corrected chi connectivity index (χ0v) is 14.8. The lowest BCUT2D eigenvalue weighted by atomic mass is 10.1. The molecule has 1 N–H and O–H groups in total. The number of carbonyl (C=O) groups is 1. The van der Waals surface area contributed by atoms with E-state index in [-0.39, 0.29) is 17.9 Å². The summed E-state index contributed by atoms with van der Waals surface area (Å²) in [6, 6.07) is 4.38. The molecule has 3 rings (SSSR count). The van der Waals surface area contributed by atoms with Crippen LogP contribution in [0, 0.1) is 12.8 Å². The first-order valence-electron chi connectivity index (χ1n) is 8.08. The molecule has 0 saturated heterocycles. The minimum Gasteiger partial charge on any atom is -0.354 e. The number of hydrogen-bond donors (Lipinski definition) is 1. The molecule has 0 aliphatic carbocycles. The highest BCUT2D eigenvalue weighted by molar-refractivity contribution is 7.09. The number of rotatable bonds is 4. The van der Waals surface area contributed by atoms with Crippen molar-refractivity contribution in [2.75, 3.05) is 6.54 Å². The van der Waals surface area contributed by atoms with Crippen LogP contribution in [0.25, 0.3) is 0 Å². The van der Waals surface area contributed by atoms with E-state index in [4.69, 9.17) is 0 Å². The lowest BCUT2D eigenvalue weighted by Crippen LogP contribution is -2.41. The Labute approximate surface area is 141 Å². The Balaban J connectivity index is 1.80. The third kappa shape index (κ3) is 3.82. The van der Waals surface area contributed by atoms with Crippen molar-refractivity contribution >= 4 is 17.2 Å². The molecule has 0 bridgehead atoms. The van der Waals surface area contributed by atoms with Gasteiger partial charge < -0.3 is 9.88 Å². The average molecular weight is 332 g/mol. The van der Waals surface area contributed by atoms with Gasteiger partial charge in [0.05, 0.1) is 17.1 Å². The molecule has 2 aromatic rings. The molecule has 1 atom stereocenters. The van der Waals surface area contributed by atoms with Gasteiger partial charge in [-0.2, -0.15) is 0 Å². The number of aromatic nitrogens is 2. The molecule has 5 nitrogen and oxygen atoms in total. The molecule has 0 aromatic carbocycles. The van der Waals surface area contributed by atoms with Crippen molar-refractivity contribution in [3.8, 4) is 0 Å². The van der Waals surface area contributed by atoms with E-state index in [9.17, 15) is 4.79 Å². The van der Waals surface area contributed by atoms with Crippen molar-refractivity contribution in [2.45, 2.75) is 46.4 Å². The first-order chi connectivity index (χ1) is 11.0. The number of fused-ring (bicyclic) bond motifs is 1. The smallest absolute Gasteiger partial charge is 0.226 e. The summed E-state index contributed by atoms with van der Waals surface area (Å²) in [6.45, 7) is 9.32. The molecule has 6 heteroatoms. The number of carbonyl (C=O) groups excluding carboxylic acids is 1. The van der Waals surface area contributed by atoms with Crippen LogP contribution in [-0.2, 0) is 24.4 Å². The fourth-order valence-corrected chi connectivity index (χ4v) is 3.86. The minimum atomic E-state index is -0.0284. The van der Waals surface area contributed by atoms with Gasteiger partial charge in [0.25, 0.3) is 0 Å². The Hall–Kier alpha value is -1.66. The van der Waals surface area contributed by atoms with Crippen LogP contribution in [0.5, 0.6) is 0 Å². The summed E-state index contributed by atoms with van der Waals surface area (Å²) in [4.78, 5) is 20.5. The van der Waals surface area contributed by atoms with Gasteiger partial charge >= 0.3 is 0 Å². The first-order valence-corrected chi connectivity index (χ1v) is 8.96. The van der Waals surface area contributed by atoms with Gasteiger partial charge in [0.2, 0.25) is 5.91 Å². The highest BCUT2D eigenvalue weighted by Gasteiger charge is 2.27. The number of thiazole rings is 1. The summed E-state index contributed by atoms with van der Waals surface area (Å²) in [7, 11) is 0. The van der Waals surface area contributed by atoms with E-state index in [1.165, 1.54) is 10.6 Å². The van der Waals surface area contributed by atoms with E-state index in [1.54, 1.807) is 11.3 Å². The van der Waals surface area contributed by atoms with Crippen LogP contribution in [0.4, 0.5) is 0 Å². The number of aryl methyl sites for hydroxylation is 1. The summed E-state index contributed by atoms with van der Waals surface area (Å²) >= 11 is 1.69. The third-order valence-electron chi connectivity index (χ3n) is 4.22. The van der Waals surface area contributed by atoms with Crippen LogP contribution in [0.15, 0.2) is 23.8 Å². The zero-order valence-electron chi connectivity index (χ0n) is 14.0. The van der Waals surface area contributed by atoms with E-state index >= 15 is 0 Å².